The van der Waals surface area contributed by atoms with Crippen LogP contribution in [0, 0.1) is 11.3 Å². The number of aromatic nitrogens is 4. The molecule has 0 radical (unpaired) electrons. The number of aliphatic hydroxyl groups is 2. The highest BCUT2D eigenvalue weighted by Gasteiger charge is 2.50. The van der Waals surface area contributed by atoms with Crippen molar-refractivity contribution < 1.29 is 80.5 Å². The van der Waals surface area contributed by atoms with Gasteiger partial charge in [0, 0.05) is 37.1 Å². The standard InChI is InChI=1S/C30H52N7O17P3S/c1-5-7-18(2)8-6-9-21(39)58-13-12-32-20(38)10-11-33-28(42)25(41)30(3,4)15-51-57(48,49)54-56(46,47)50-14-19-24(53-55(43,44)45)23(40)29(52-19)37-17-36-22-26(31)34-16-35-27(22)37/h16-19,23-25,29,40-41H,5-15H2,1-4H3,(H,32,38)(H,33,42)(H,46,47)(H,48,49)(H2,31,34,35)(H2,43,44,45). The average Bonchev–Trinajstić information content (AvgIpc) is 3.68. The number of imidazole rings is 1. The summed E-state index contributed by atoms with van der Waals surface area (Å²) in [5.74, 6) is -0.465. The molecular weight excluding hydrogens is 855 g/mol. The monoisotopic (exact) mass is 907 g/mol. The molecule has 0 saturated carbocycles. The van der Waals surface area contributed by atoms with Gasteiger partial charge in [0.05, 0.1) is 19.5 Å². The Morgan fingerprint density at radius 3 is 2.40 bits per heavy atom. The maximum atomic E-state index is 12.7. The molecule has 8 unspecified atom stereocenters. The Labute approximate surface area is 337 Å². The molecule has 3 heterocycles. The van der Waals surface area contributed by atoms with E-state index in [4.69, 9.17) is 19.5 Å². The Hall–Kier alpha value is -2.44. The zero-order valence-electron chi connectivity index (χ0n) is 32.2. The fourth-order valence-corrected chi connectivity index (χ4v) is 9.15. The minimum atomic E-state index is -5.57. The van der Waals surface area contributed by atoms with Crippen LogP contribution in [0.1, 0.15) is 72.4 Å². The van der Waals surface area contributed by atoms with E-state index in [-0.39, 0.29) is 41.6 Å². The number of hydrogen-bond donors (Lipinski definition) is 9. The van der Waals surface area contributed by atoms with E-state index >= 15 is 0 Å². The van der Waals surface area contributed by atoms with Crippen molar-refractivity contribution in [2.24, 2.45) is 11.3 Å². The summed E-state index contributed by atoms with van der Waals surface area (Å²) >= 11 is 1.14. The first-order chi connectivity index (χ1) is 26.9. The fraction of sp³-hybridized carbons (Fsp3) is 0.733. The van der Waals surface area contributed by atoms with Crippen LogP contribution in [-0.4, -0.2) is 123 Å². The number of aliphatic hydroxyl groups excluding tert-OH is 2. The van der Waals surface area contributed by atoms with Gasteiger partial charge in [0.2, 0.25) is 11.8 Å². The molecule has 1 aliphatic heterocycles. The number of fused-ring (bicyclic) bond motifs is 1. The lowest BCUT2D eigenvalue weighted by Gasteiger charge is -2.30. The van der Waals surface area contributed by atoms with E-state index in [0.717, 1.165) is 54.7 Å². The molecule has 24 nitrogen and oxygen atoms in total. The molecule has 28 heteroatoms. The lowest BCUT2D eigenvalue weighted by molar-refractivity contribution is -0.137. The number of anilines is 1. The van der Waals surface area contributed by atoms with Gasteiger partial charge < -0.3 is 50.9 Å². The van der Waals surface area contributed by atoms with Crippen LogP contribution in [-0.2, 0) is 50.7 Å². The van der Waals surface area contributed by atoms with Crippen LogP contribution >= 0.6 is 35.2 Å². The van der Waals surface area contributed by atoms with Crippen molar-refractivity contribution in [1.82, 2.24) is 30.2 Å². The van der Waals surface area contributed by atoms with Crippen LogP contribution in [0.3, 0.4) is 0 Å². The number of nitrogens with zero attached hydrogens (tertiary/aromatic N) is 4. The average molecular weight is 908 g/mol. The van der Waals surface area contributed by atoms with E-state index in [1.54, 1.807) is 0 Å². The predicted octanol–water partition coefficient (Wildman–Crippen LogP) is 1.27. The molecule has 330 valence electrons. The van der Waals surface area contributed by atoms with E-state index in [9.17, 15) is 57.9 Å². The quantitative estimate of drug-likeness (QED) is 0.0500. The number of nitrogens with two attached hydrogens (primary N) is 1. The lowest BCUT2D eigenvalue weighted by Crippen LogP contribution is -2.46. The van der Waals surface area contributed by atoms with Gasteiger partial charge in [-0.15, -0.1) is 0 Å². The smallest absolute Gasteiger partial charge is 0.386 e. The van der Waals surface area contributed by atoms with Gasteiger partial charge in [0.15, 0.2) is 22.8 Å². The summed E-state index contributed by atoms with van der Waals surface area (Å²) in [6.07, 6.45) is -2.38. The maximum Gasteiger partial charge on any atom is 0.481 e. The number of nitrogen functional groups attached to an aromatic ring is 1. The van der Waals surface area contributed by atoms with Gasteiger partial charge in [0.1, 0.15) is 36.3 Å². The molecular formula is C30H52N7O17P3S. The first kappa shape index (κ1) is 49.9. The number of hydrogen-bond acceptors (Lipinski definition) is 18. The first-order valence-corrected chi connectivity index (χ1v) is 23.5. The summed E-state index contributed by atoms with van der Waals surface area (Å²) in [6, 6.07) is 0. The van der Waals surface area contributed by atoms with Crippen molar-refractivity contribution in [3.8, 4) is 0 Å². The Morgan fingerprint density at radius 1 is 1.03 bits per heavy atom. The number of rotatable bonds is 25. The molecule has 1 aliphatic rings. The van der Waals surface area contributed by atoms with Crippen molar-refractivity contribution in [3.63, 3.8) is 0 Å². The molecule has 1 saturated heterocycles. The van der Waals surface area contributed by atoms with E-state index in [2.05, 4.69) is 48.3 Å². The molecule has 0 aromatic carbocycles. The third-order valence-electron chi connectivity index (χ3n) is 8.62. The number of phosphoric ester groups is 3. The Balaban J connectivity index is 1.44. The number of carbonyl (C=O) groups is 3. The Bertz CT molecular complexity index is 1850. The second-order valence-electron chi connectivity index (χ2n) is 14.1. The number of carbonyl (C=O) groups excluding carboxylic acids is 3. The summed E-state index contributed by atoms with van der Waals surface area (Å²) in [7, 11) is -16.4. The van der Waals surface area contributed by atoms with Crippen LogP contribution in [0.2, 0.25) is 0 Å². The normalized spacial score (nSPS) is 21.9. The summed E-state index contributed by atoms with van der Waals surface area (Å²) in [5.41, 5.74) is 4.27. The molecule has 58 heavy (non-hydrogen) atoms. The second kappa shape index (κ2) is 21.9. The molecule has 0 spiro atoms. The predicted molar refractivity (Wildman–Crippen MR) is 205 cm³/mol. The van der Waals surface area contributed by atoms with Crippen molar-refractivity contribution >= 4 is 69.1 Å². The number of phosphoric acid groups is 3. The molecule has 2 aromatic rings. The lowest BCUT2D eigenvalue weighted by atomic mass is 9.87. The van der Waals surface area contributed by atoms with Gasteiger partial charge in [-0.25, -0.2) is 28.6 Å². The van der Waals surface area contributed by atoms with Crippen molar-refractivity contribution in [2.45, 2.75) is 96.9 Å². The van der Waals surface area contributed by atoms with E-state index in [1.807, 2.05) is 0 Å². The summed E-state index contributed by atoms with van der Waals surface area (Å²) in [6.45, 7) is 4.84. The van der Waals surface area contributed by atoms with E-state index < -0.39 is 84.6 Å². The van der Waals surface area contributed by atoms with Gasteiger partial charge in [-0.3, -0.25) is 32.5 Å². The van der Waals surface area contributed by atoms with Gasteiger partial charge >= 0.3 is 23.5 Å². The molecule has 0 bridgehead atoms. The second-order valence-corrected chi connectivity index (χ2v) is 19.5. The molecule has 2 aromatic heterocycles. The Kier molecular flexibility index (Phi) is 18.8. The highest BCUT2D eigenvalue weighted by atomic mass is 32.2. The largest absolute Gasteiger partial charge is 0.481 e. The molecule has 8 atom stereocenters. The first-order valence-electron chi connectivity index (χ1n) is 18.0. The van der Waals surface area contributed by atoms with Gasteiger partial charge in [-0.1, -0.05) is 58.7 Å². The van der Waals surface area contributed by atoms with Crippen molar-refractivity contribution in [2.75, 3.05) is 37.8 Å². The highest BCUT2D eigenvalue weighted by Crippen LogP contribution is 2.61. The van der Waals surface area contributed by atoms with Gasteiger partial charge in [-0.2, -0.15) is 4.31 Å². The van der Waals surface area contributed by atoms with Crippen LogP contribution < -0.4 is 16.4 Å². The van der Waals surface area contributed by atoms with E-state index in [0.29, 0.717) is 18.1 Å². The summed E-state index contributed by atoms with van der Waals surface area (Å²) in [4.78, 5) is 87.8. The minimum Gasteiger partial charge on any atom is -0.386 e. The summed E-state index contributed by atoms with van der Waals surface area (Å²) in [5, 5.41) is 26.5. The summed E-state index contributed by atoms with van der Waals surface area (Å²) < 4.78 is 62.2. The van der Waals surface area contributed by atoms with Gasteiger partial charge in [-0.05, 0) is 12.3 Å². The van der Waals surface area contributed by atoms with Gasteiger partial charge in [0.25, 0.3) is 0 Å². The fourth-order valence-electron chi connectivity index (χ4n) is 5.60. The maximum absolute atomic E-state index is 12.7. The van der Waals surface area contributed by atoms with Crippen molar-refractivity contribution in [1.29, 1.82) is 0 Å². The Morgan fingerprint density at radius 2 is 1.72 bits per heavy atom. The SMILES string of the molecule is CCCC(C)CCCC(=O)SCCNC(=O)CCNC(=O)C(O)C(C)(C)COP(=O)(O)OP(=O)(O)OCC1OC(n2cnc3c(N)ncnc32)C(O)C1OP(=O)(O)O. The number of amides is 2. The molecule has 1 fully saturated rings. The van der Waals surface area contributed by atoms with Crippen LogP contribution in [0.5, 0.6) is 0 Å². The number of thioether (sulfide) groups is 1. The minimum absolute atomic E-state index is 0.0323. The number of nitrogens with one attached hydrogen (secondary N) is 2. The molecule has 2 amide bonds. The molecule has 10 N–H and O–H groups in total. The third kappa shape index (κ3) is 15.9. The van der Waals surface area contributed by atoms with Crippen LogP contribution in [0.4, 0.5) is 5.82 Å². The van der Waals surface area contributed by atoms with E-state index in [1.165, 1.54) is 13.8 Å². The molecule has 3 rings (SSSR count). The number of ether oxygens (including phenoxy) is 1. The highest BCUT2D eigenvalue weighted by molar-refractivity contribution is 8.13. The zero-order chi connectivity index (χ0) is 43.5. The zero-order valence-corrected chi connectivity index (χ0v) is 35.7. The topological polar surface area (TPSA) is 364 Å². The third-order valence-corrected chi connectivity index (χ3v) is 12.7. The molecule has 0 aliphatic carbocycles. The van der Waals surface area contributed by atoms with Crippen LogP contribution in [0.15, 0.2) is 12.7 Å². The van der Waals surface area contributed by atoms with Crippen LogP contribution in [0.25, 0.3) is 11.2 Å². The van der Waals surface area contributed by atoms with Crippen molar-refractivity contribution in [3.05, 3.63) is 12.7 Å².